The van der Waals surface area contributed by atoms with Crippen LogP contribution in [0.25, 0.3) is 4.98 Å². The zero-order valence-corrected chi connectivity index (χ0v) is 8.50. The van der Waals surface area contributed by atoms with Gasteiger partial charge in [0.25, 0.3) is 0 Å². The zero-order chi connectivity index (χ0) is 12.8. The molecule has 1 rings (SSSR count). The standard InChI is InChI=1S/C4H3N5O2.H2O4S/c1-11-3(10)2-6-4(7-5)9-8-2;1-5(2,3)4/h1H3;(H2,1,2,3,4). The summed E-state index contributed by atoms with van der Waals surface area (Å²) in [6.07, 6.45) is 0. The molecule has 2 N–H and O–H groups in total. The van der Waals surface area contributed by atoms with E-state index in [0.29, 0.717) is 0 Å². The molecule has 88 valence electrons. The fourth-order valence-corrected chi connectivity index (χ4v) is 0.486. The van der Waals surface area contributed by atoms with Crippen LogP contribution in [0.4, 0.5) is 5.95 Å². The lowest BCUT2D eigenvalue weighted by atomic mass is 10.6. The second-order valence-electron chi connectivity index (χ2n) is 2.00. The summed E-state index contributed by atoms with van der Waals surface area (Å²) < 4.78 is 37.1. The Morgan fingerprint density at radius 2 is 2.19 bits per heavy atom. The number of diazo groups is 1. The highest BCUT2D eigenvalue weighted by molar-refractivity contribution is 7.79. The number of aromatic nitrogens is 3. The van der Waals surface area contributed by atoms with E-state index in [1.807, 2.05) is 0 Å². The van der Waals surface area contributed by atoms with Crippen LogP contribution in [-0.2, 0) is 15.1 Å². The first-order valence-corrected chi connectivity index (χ1v) is 4.68. The molecular weight excluding hydrogens is 246 g/mol. The summed E-state index contributed by atoms with van der Waals surface area (Å²) in [7, 11) is -3.71. The molecule has 0 atom stereocenters. The molecule has 0 amide bonds. The maximum absolute atomic E-state index is 10.7. The Morgan fingerprint density at radius 3 is 2.50 bits per heavy atom. The Balaban J connectivity index is 0.000000385. The Morgan fingerprint density at radius 1 is 1.69 bits per heavy atom. The smallest absolute Gasteiger partial charge is 0.583 e. The van der Waals surface area contributed by atoms with Crippen molar-refractivity contribution in [3.63, 3.8) is 0 Å². The average molecular weight is 251 g/mol. The largest absolute Gasteiger partial charge is 0.726 e. The van der Waals surface area contributed by atoms with Crippen molar-refractivity contribution in [2.45, 2.75) is 0 Å². The van der Waals surface area contributed by atoms with E-state index in [1.165, 1.54) is 7.11 Å². The molecule has 0 fully saturated rings. The van der Waals surface area contributed by atoms with Crippen LogP contribution in [-0.4, -0.2) is 45.8 Å². The van der Waals surface area contributed by atoms with Crippen LogP contribution in [0.1, 0.15) is 10.6 Å². The normalized spacial score (nSPS) is 9.62. The molecule has 0 aliphatic carbocycles. The van der Waals surface area contributed by atoms with E-state index in [4.69, 9.17) is 22.9 Å². The molecule has 1 heterocycles. The minimum Gasteiger partial charge on any atom is -0.726 e. The minimum atomic E-state index is -4.92. The Hall–Kier alpha value is -2.10. The third-order valence-corrected chi connectivity index (χ3v) is 0.942. The Bertz CT molecular complexity index is 491. The molecule has 0 radical (unpaired) electrons. The highest BCUT2D eigenvalue weighted by atomic mass is 32.3. The van der Waals surface area contributed by atoms with Gasteiger partial charge in [0, 0.05) is 5.10 Å². The summed E-state index contributed by atoms with van der Waals surface area (Å²) in [4.78, 5) is 16.8. The van der Waals surface area contributed by atoms with Gasteiger partial charge in [-0.2, -0.15) is 5.10 Å². The number of aromatic amines is 1. The lowest BCUT2D eigenvalue weighted by Gasteiger charge is -1.88. The molecule has 12 heteroatoms. The van der Waals surface area contributed by atoms with Crippen LogP contribution < -0.4 is 0 Å². The number of carbonyl (C=O) groups excluding carboxylic acids is 1. The Labute approximate surface area is 88.7 Å². The molecule has 16 heavy (non-hydrogen) atoms. The van der Waals surface area contributed by atoms with Gasteiger partial charge in [-0.05, 0) is 9.96 Å². The fourth-order valence-electron chi connectivity index (χ4n) is 0.486. The summed E-state index contributed by atoms with van der Waals surface area (Å²) in [5.41, 5.74) is 0. The quantitative estimate of drug-likeness (QED) is 0.276. The lowest BCUT2D eigenvalue weighted by molar-refractivity contribution is 0.0587. The van der Waals surface area contributed by atoms with Gasteiger partial charge in [0.2, 0.25) is 10.4 Å². The number of rotatable bonds is 1. The molecule has 0 aliphatic heterocycles. The molecule has 0 saturated heterocycles. The molecule has 1 aromatic heterocycles. The number of nitrogens with zero attached hydrogens (tertiary/aromatic N) is 4. The van der Waals surface area contributed by atoms with Crippen molar-refractivity contribution in [1.29, 1.82) is 5.39 Å². The van der Waals surface area contributed by atoms with Gasteiger partial charge in [-0.25, -0.2) is 13.2 Å². The summed E-state index contributed by atoms with van der Waals surface area (Å²) in [5.74, 6) is -0.960. The maximum atomic E-state index is 10.7. The number of esters is 1. The van der Waals surface area contributed by atoms with Gasteiger partial charge in [0.1, 0.15) is 0 Å². The van der Waals surface area contributed by atoms with Crippen molar-refractivity contribution in [2.75, 3.05) is 7.11 Å². The second-order valence-corrected chi connectivity index (χ2v) is 2.86. The van der Waals surface area contributed by atoms with Gasteiger partial charge in [0.15, 0.2) is 0 Å². The predicted molar refractivity (Wildman–Crippen MR) is 44.8 cm³/mol. The third kappa shape index (κ3) is 6.37. The van der Waals surface area contributed by atoms with E-state index in [-0.39, 0.29) is 11.8 Å². The van der Waals surface area contributed by atoms with Gasteiger partial charge >= 0.3 is 17.7 Å². The predicted octanol–water partition coefficient (Wildman–Crippen LogP) is -0.920. The average Bonchev–Trinajstić information content (AvgIpc) is 2.62. The molecule has 1 aromatic rings. The van der Waals surface area contributed by atoms with Gasteiger partial charge in [-0.1, -0.05) is 0 Å². The maximum Gasteiger partial charge on any atom is 0.583 e. The van der Waals surface area contributed by atoms with E-state index >= 15 is 0 Å². The Kier molecular flexibility index (Phi) is 4.95. The van der Waals surface area contributed by atoms with Crippen LogP contribution in [0.5, 0.6) is 0 Å². The van der Waals surface area contributed by atoms with Crippen LogP contribution in [0.3, 0.4) is 0 Å². The van der Waals surface area contributed by atoms with Crippen LogP contribution in [0.15, 0.2) is 0 Å². The molecule has 11 nitrogen and oxygen atoms in total. The molecule has 0 unspecified atom stereocenters. The number of methoxy groups -OCH3 is 1. The summed E-state index contributed by atoms with van der Waals surface area (Å²) in [6, 6.07) is 0. The summed E-state index contributed by atoms with van der Waals surface area (Å²) in [5, 5.41) is 13.7. The first kappa shape index (κ1) is 13.9. The van der Waals surface area contributed by atoms with Crippen LogP contribution in [0.2, 0.25) is 0 Å². The van der Waals surface area contributed by atoms with Crippen molar-refractivity contribution in [2.24, 2.45) is 0 Å². The summed E-state index contributed by atoms with van der Waals surface area (Å²) >= 11 is 0. The van der Waals surface area contributed by atoms with Crippen molar-refractivity contribution in [3.05, 3.63) is 10.8 Å². The number of hydrogen-bond donors (Lipinski definition) is 2. The zero-order valence-electron chi connectivity index (χ0n) is 7.69. The van der Waals surface area contributed by atoms with Crippen molar-refractivity contribution >= 4 is 22.3 Å². The molecule has 0 saturated carbocycles. The van der Waals surface area contributed by atoms with E-state index in [1.54, 1.807) is 0 Å². The van der Waals surface area contributed by atoms with Crippen molar-refractivity contribution in [1.82, 2.24) is 15.2 Å². The van der Waals surface area contributed by atoms with Crippen molar-refractivity contribution < 1.29 is 27.1 Å². The minimum absolute atomic E-state index is 0.0969. The number of nitrogens with one attached hydrogen (secondary N) is 1. The van der Waals surface area contributed by atoms with Gasteiger partial charge < -0.3 is 9.29 Å². The molecule has 0 bridgehead atoms. The monoisotopic (exact) mass is 251 g/mol. The second kappa shape index (κ2) is 5.70. The SMILES string of the molecule is COC(=O)c1nc([N+]#N)n[nH]1.O=S(=O)([O-])O. The van der Waals surface area contributed by atoms with E-state index in [2.05, 4.69) is 24.9 Å². The molecule has 0 aliphatic rings. The van der Waals surface area contributed by atoms with Gasteiger partial charge in [0.05, 0.1) is 12.5 Å². The summed E-state index contributed by atoms with van der Waals surface area (Å²) in [6.45, 7) is 0. The third-order valence-electron chi connectivity index (χ3n) is 0.942. The highest BCUT2D eigenvalue weighted by Crippen LogP contribution is 2.01. The highest BCUT2D eigenvalue weighted by Gasteiger charge is 2.21. The molecule has 0 spiro atoms. The fraction of sp³-hybridized carbons (Fsp3) is 0.250. The van der Waals surface area contributed by atoms with Gasteiger partial charge in [-0.3, -0.25) is 4.55 Å². The van der Waals surface area contributed by atoms with Crippen LogP contribution in [0, 0.1) is 5.39 Å². The number of H-pyrrole nitrogens is 1. The van der Waals surface area contributed by atoms with E-state index in [9.17, 15) is 4.79 Å². The topological polar surface area (TPSA) is 173 Å². The number of hydrogen-bond acceptors (Lipinski definition) is 8. The van der Waals surface area contributed by atoms with Gasteiger partial charge in [-0.15, -0.1) is 0 Å². The van der Waals surface area contributed by atoms with Crippen molar-refractivity contribution in [3.8, 4) is 0 Å². The van der Waals surface area contributed by atoms with Crippen LogP contribution >= 0.6 is 0 Å². The number of carbonyl (C=O) groups is 1. The number of ether oxygens (including phenoxy) is 1. The molecular formula is C4H5N5O6S. The molecule has 0 aromatic carbocycles. The first-order chi connectivity index (χ1) is 7.27. The van der Waals surface area contributed by atoms with E-state index < -0.39 is 16.4 Å². The van der Waals surface area contributed by atoms with E-state index in [0.717, 1.165) is 0 Å². The first-order valence-electron chi connectivity index (χ1n) is 3.32. The lowest BCUT2D eigenvalue weighted by Crippen LogP contribution is -2.03.